The summed E-state index contributed by atoms with van der Waals surface area (Å²) in [5.41, 5.74) is 3.82. The number of aromatic nitrogens is 1. The van der Waals surface area contributed by atoms with Crippen molar-refractivity contribution < 1.29 is 27.5 Å². The van der Waals surface area contributed by atoms with Gasteiger partial charge in [-0.05, 0) is 94.0 Å². The number of hydrogen-bond donors (Lipinski definition) is 0. The normalized spacial score (nSPS) is 19.7. The molecule has 0 radical (unpaired) electrons. The fraction of sp³-hybridized carbons (Fsp3) is 0.457. The second-order valence-electron chi connectivity index (χ2n) is 13.2. The van der Waals surface area contributed by atoms with Crippen molar-refractivity contribution in [1.29, 1.82) is 0 Å². The first-order valence-electron chi connectivity index (χ1n) is 15.7. The Kier molecular flexibility index (Phi) is 8.37. The Morgan fingerprint density at radius 2 is 1.64 bits per heavy atom. The van der Waals surface area contributed by atoms with Gasteiger partial charge < -0.3 is 14.5 Å². The molecule has 0 unspecified atom stereocenters. The van der Waals surface area contributed by atoms with Gasteiger partial charge >= 0.3 is 12.1 Å². The van der Waals surface area contributed by atoms with Crippen molar-refractivity contribution in [2.75, 3.05) is 29.4 Å². The number of halogens is 3. The molecule has 7 nitrogen and oxygen atoms in total. The number of carbonyl (C=O) groups excluding carboxylic acids is 2. The monoisotopic (exact) mass is 620 g/mol. The molecule has 238 valence electrons. The number of esters is 1. The number of likely N-dealkylation sites (tertiary alicyclic amines) is 1. The summed E-state index contributed by atoms with van der Waals surface area (Å²) in [7, 11) is 0. The average Bonchev–Trinajstić information content (AvgIpc) is 3.61. The number of rotatable bonds is 6. The lowest BCUT2D eigenvalue weighted by Gasteiger charge is -2.33. The topological polar surface area (TPSA) is 66.0 Å². The van der Waals surface area contributed by atoms with Crippen LogP contribution in [0, 0.1) is 5.92 Å². The summed E-state index contributed by atoms with van der Waals surface area (Å²) < 4.78 is 47.0. The number of ether oxygens (including phenoxy) is 1. The van der Waals surface area contributed by atoms with E-state index >= 15 is 0 Å². The molecular formula is C35H39F3N4O3. The Morgan fingerprint density at radius 3 is 2.33 bits per heavy atom. The highest BCUT2D eigenvalue weighted by Gasteiger charge is 2.46. The van der Waals surface area contributed by atoms with Crippen LogP contribution in [0.5, 0.6) is 0 Å². The third-order valence-electron chi connectivity index (χ3n) is 8.90. The number of hydrogen-bond acceptors (Lipinski definition) is 6. The summed E-state index contributed by atoms with van der Waals surface area (Å²) in [6, 6.07) is 17.4. The van der Waals surface area contributed by atoms with Crippen molar-refractivity contribution in [2.45, 2.75) is 77.4 Å². The van der Waals surface area contributed by atoms with Crippen molar-refractivity contribution in [3.05, 3.63) is 77.5 Å². The maximum atomic E-state index is 13.8. The Hall–Kier alpha value is -3.92. The number of fused-ring (bicyclic) bond motifs is 1. The lowest BCUT2D eigenvalue weighted by atomic mass is 9.96. The summed E-state index contributed by atoms with van der Waals surface area (Å²) >= 11 is 0. The number of pyridine rings is 1. The number of amides is 1. The van der Waals surface area contributed by atoms with Gasteiger partial charge in [0.1, 0.15) is 17.5 Å². The SMILES string of the molecule is CC(C)(C)OC(=O)C1CCN(c2ccc3c(n2)CN(c2ccc(-c4ccccc4)c(CN4CCC[C@H]4C(F)(F)F)c2)C3=O)CC1. The smallest absolute Gasteiger partial charge is 0.404 e. The molecule has 0 N–H and O–H groups in total. The van der Waals surface area contributed by atoms with E-state index < -0.39 is 17.8 Å². The average molecular weight is 621 g/mol. The molecule has 6 rings (SSSR count). The van der Waals surface area contributed by atoms with E-state index in [9.17, 15) is 22.8 Å². The molecule has 3 aliphatic heterocycles. The van der Waals surface area contributed by atoms with E-state index in [4.69, 9.17) is 9.72 Å². The van der Waals surface area contributed by atoms with Gasteiger partial charge in [-0.15, -0.1) is 0 Å². The third-order valence-corrected chi connectivity index (χ3v) is 8.90. The molecule has 45 heavy (non-hydrogen) atoms. The minimum absolute atomic E-state index is 0.0937. The quantitative estimate of drug-likeness (QED) is 0.277. The van der Waals surface area contributed by atoms with Crippen LogP contribution in [0.3, 0.4) is 0 Å². The van der Waals surface area contributed by atoms with Gasteiger partial charge in [0.25, 0.3) is 5.91 Å². The third kappa shape index (κ3) is 6.71. The van der Waals surface area contributed by atoms with Crippen molar-refractivity contribution in [2.24, 2.45) is 5.92 Å². The molecule has 0 spiro atoms. The van der Waals surface area contributed by atoms with Gasteiger partial charge in [-0.1, -0.05) is 36.4 Å². The largest absolute Gasteiger partial charge is 0.460 e. The molecule has 0 saturated carbocycles. The maximum Gasteiger partial charge on any atom is 0.404 e. The summed E-state index contributed by atoms with van der Waals surface area (Å²) in [6.07, 6.45) is -2.36. The lowest BCUT2D eigenvalue weighted by Crippen LogP contribution is -2.40. The van der Waals surface area contributed by atoms with Crippen LogP contribution in [0.25, 0.3) is 11.1 Å². The van der Waals surface area contributed by atoms with E-state index in [1.807, 2.05) is 75.4 Å². The zero-order chi connectivity index (χ0) is 31.9. The van der Waals surface area contributed by atoms with E-state index in [0.717, 1.165) is 22.5 Å². The van der Waals surface area contributed by atoms with Crippen LogP contribution < -0.4 is 9.80 Å². The Bertz CT molecular complexity index is 1560. The first-order valence-corrected chi connectivity index (χ1v) is 15.7. The van der Waals surface area contributed by atoms with Gasteiger partial charge in [-0.25, -0.2) is 4.98 Å². The predicted molar refractivity (Wildman–Crippen MR) is 167 cm³/mol. The number of benzene rings is 2. The van der Waals surface area contributed by atoms with Crippen molar-refractivity contribution >= 4 is 23.4 Å². The van der Waals surface area contributed by atoms with Gasteiger partial charge in [0.05, 0.1) is 23.7 Å². The molecule has 3 aliphatic rings. The fourth-order valence-electron chi connectivity index (χ4n) is 6.67. The molecule has 0 bridgehead atoms. The zero-order valence-electron chi connectivity index (χ0n) is 25.9. The lowest BCUT2D eigenvalue weighted by molar-refractivity contribution is -0.177. The highest BCUT2D eigenvalue weighted by molar-refractivity contribution is 6.09. The van der Waals surface area contributed by atoms with Crippen LogP contribution in [-0.2, 0) is 22.6 Å². The van der Waals surface area contributed by atoms with E-state index in [1.54, 1.807) is 11.0 Å². The van der Waals surface area contributed by atoms with Crippen molar-refractivity contribution in [3.63, 3.8) is 0 Å². The van der Waals surface area contributed by atoms with Crippen LogP contribution in [0.2, 0.25) is 0 Å². The molecule has 0 aliphatic carbocycles. The minimum atomic E-state index is -4.29. The van der Waals surface area contributed by atoms with E-state index in [1.165, 1.54) is 4.90 Å². The Morgan fingerprint density at radius 1 is 0.933 bits per heavy atom. The van der Waals surface area contributed by atoms with Gasteiger partial charge in [0, 0.05) is 25.3 Å². The summed E-state index contributed by atoms with van der Waals surface area (Å²) in [6.45, 7) is 7.71. The Balaban J connectivity index is 1.21. The molecule has 10 heteroatoms. The number of alkyl halides is 3. The standard InChI is InChI=1S/C35H39F3N4O3/c1-34(2,3)45-33(44)24-15-18-40(19-16-24)31-14-13-28-29(39-31)22-42(32(28)43)26-11-12-27(23-8-5-4-6-9-23)25(20-26)21-41-17-7-10-30(41)35(36,37)38/h4-6,8-9,11-14,20,24,30H,7,10,15-19,21-22H2,1-3H3/t30-/m0/s1. The zero-order valence-corrected chi connectivity index (χ0v) is 25.9. The number of nitrogens with zero attached hydrogens (tertiary/aromatic N) is 4. The molecule has 2 fully saturated rings. The summed E-state index contributed by atoms with van der Waals surface area (Å²) in [5.74, 6) is 0.271. The van der Waals surface area contributed by atoms with E-state index in [2.05, 4.69) is 4.90 Å². The first kappa shape index (κ1) is 31.1. The first-order chi connectivity index (χ1) is 21.4. The molecule has 1 amide bonds. The maximum absolute atomic E-state index is 13.8. The number of piperidine rings is 1. The number of carbonyl (C=O) groups is 2. The van der Waals surface area contributed by atoms with Crippen LogP contribution in [0.15, 0.2) is 60.7 Å². The number of anilines is 2. The van der Waals surface area contributed by atoms with Crippen molar-refractivity contribution in [3.8, 4) is 11.1 Å². The minimum Gasteiger partial charge on any atom is -0.460 e. The molecule has 2 saturated heterocycles. The van der Waals surface area contributed by atoms with Gasteiger partial charge in [-0.2, -0.15) is 13.2 Å². The fourth-order valence-corrected chi connectivity index (χ4v) is 6.67. The van der Waals surface area contributed by atoms with Gasteiger partial charge in [0.2, 0.25) is 0 Å². The molecule has 1 aromatic heterocycles. The van der Waals surface area contributed by atoms with Crippen LogP contribution in [0.1, 0.15) is 68.1 Å². The van der Waals surface area contributed by atoms with Crippen LogP contribution in [0.4, 0.5) is 24.7 Å². The van der Waals surface area contributed by atoms with Gasteiger partial charge in [-0.3, -0.25) is 14.5 Å². The van der Waals surface area contributed by atoms with Gasteiger partial charge in [0.15, 0.2) is 0 Å². The van der Waals surface area contributed by atoms with Crippen LogP contribution in [-0.4, -0.2) is 59.2 Å². The predicted octanol–water partition coefficient (Wildman–Crippen LogP) is 6.99. The molecule has 4 heterocycles. The van der Waals surface area contributed by atoms with Crippen molar-refractivity contribution in [1.82, 2.24) is 9.88 Å². The molecule has 3 aromatic rings. The summed E-state index contributed by atoms with van der Waals surface area (Å²) in [4.78, 5) is 36.3. The highest BCUT2D eigenvalue weighted by atomic mass is 19.4. The molecular weight excluding hydrogens is 581 g/mol. The molecule has 2 aromatic carbocycles. The highest BCUT2D eigenvalue weighted by Crippen LogP contribution is 2.38. The second-order valence-corrected chi connectivity index (χ2v) is 13.2. The Labute approximate surface area is 262 Å². The van der Waals surface area contributed by atoms with E-state index in [0.29, 0.717) is 55.8 Å². The van der Waals surface area contributed by atoms with E-state index in [-0.39, 0.29) is 37.3 Å². The van der Waals surface area contributed by atoms with Crippen LogP contribution >= 0.6 is 0 Å². The molecule has 1 atom stereocenters. The second kappa shape index (κ2) is 12.1. The summed E-state index contributed by atoms with van der Waals surface area (Å²) in [5, 5.41) is 0.